The van der Waals surface area contributed by atoms with Crippen LogP contribution in [-0.4, -0.2) is 5.78 Å². The largest absolute Gasteiger partial charge is 0.446 e. The average molecular weight is 246 g/mol. The Hall–Kier alpha value is -1.86. The molecule has 0 saturated carbocycles. The van der Waals surface area contributed by atoms with Crippen LogP contribution in [0, 0.1) is 0 Å². The van der Waals surface area contributed by atoms with Gasteiger partial charge in [0.25, 0.3) is 0 Å². The summed E-state index contributed by atoms with van der Waals surface area (Å²) in [6, 6.07) is 15.7. The predicted molar refractivity (Wildman–Crippen MR) is 67.3 cm³/mol. The van der Waals surface area contributed by atoms with Gasteiger partial charge in [-0.2, -0.15) is 0 Å². The number of carbonyl (C=O) groups is 1. The standard InChI is InChI=1S/C13H11O3P/c14-13(10-6-2-1-3-7-10)11-8-4-5-9-12(11)16-17-15/h1-9H,17H2. The number of para-hydroxylation sites is 1. The smallest absolute Gasteiger partial charge is 0.225 e. The molecule has 0 spiro atoms. The highest BCUT2D eigenvalue weighted by molar-refractivity contribution is 7.17. The Morgan fingerprint density at radius 1 is 0.941 bits per heavy atom. The van der Waals surface area contributed by atoms with E-state index in [4.69, 9.17) is 4.52 Å². The first-order valence-corrected chi connectivity index (χ1v) is 6.06. The summed E-state index contributed by atoms with van der Waals surface area (Å²) in [6.45, 7) is 0. The number of rotatable bonds is 4. The Bertz CT molecular complexity index is 537. The predicted octanol–water partition coefficient (Wildman–Crippen LogP) is 2.97. The summed E-state index contributed by atoms with van der Waals surface area (Å²) in [4.78, 5) is 12.2. The molecule has 0 amide bonds. The van der Waals surface area contributed by atoms with Gasteiger partial charge in [0.15, 0.2) is 5.78 Å². The van der Waals surface area contributed by atoms with Gasteiger partial charge < -0.3 is 4.52 Å². The zero-order valence-electron chi connectivity index (χ0n) is 9.00. The maximum atomic E-state index is 12.2. The van der Waals surface area contributed by atoms with Crippen LogP contribution in [0.3, 0.4) is 0 Å². The van der Waals surface area contributed by atoms with Crippen molar-refractivity contribution in [2.45, 2.75) is 0 Å². The molecule has 0 N–H and O–H groups in total. The molecule has 17 heavy (non-hydrogen) atoms. The fraction of sp³-hybridized carbons (Fsp3) is 0. The molecule has 2 rings (SSSR count). The molecule has 0 aliphatic carbocycles. The molecule has 2 aromatic carbocycles. The maximum Gasteiger partial charge on any atom is 0.225 e. The van der Waals surface area contributed by atoms with Crippen LogP contribution in [0.4, 0.5) is 0 Å². The molecule has 0 saturated heterocycles. The molecule has 4 heteroatoms. The lowest BCUT2D eigenvalue weighted by molar-refractivity contribution is 0.103. The van der Waals surface area contributed by atoms with Crippen molar-refractivity contribution in [3.8, 4) is 5.75 Å². The van der Waals surface area contributed by atoms with Crippen molar-refractivity contribution >= 4 is 14.5 Å². The SMILES string of the molecule is O=[PH2]Oc1ccccc1C(=O)c1ccccc1. The van der Waals surface area contributed by atoms with E-state index in [1.807, 2.05) is 6.07 Å². The van der Waals surface area contributed by atoms with E-state index >= 15 is 0 Å². The van der Waals surface area contributed by atoms with Crippen molar-refractivity contribution in [2.75, 3.05) is 0 Å². The van der Waals surface area contributed by atoms with Crippen LogP contribution < -0.4 is 4.52 Å². The summed E-state index contributed by atoms with van der Waals surface area (Å²) in [5.74, 6) is 0.236. The summed E-state index contributed by atoms with van der Waals surface area (Å²) in [5.41, 5.74) is 1.02. The van der Waals surface area contributed by atoms with Gasteiger partial charge >= 0.3 is 0 Å². The highest BCUT2D eigenvalue weighted by Crippen LogP contribution is 2.23. The molecule has 0 fully saturated rings. The molecule has 3 nitrogen and oxygen atoms in total. The molecule has 0 radical (unpaired) electrons. The van der Waals surface area contributed by atoms with Crippen LogP contribution in [0.5, 0.6) is 5.75 Å². The van der Waals surface area contributed by atoms with E-state index in [-0.39, 0.29) is 5.78 Å². The second-order valence-corrected chi connectivity index (χ2v) is 3.83. The molecular formula is C13H11O3P. The molecule has 86 valence electrons. The first-order valence-electron chi connectivity index (χ1n) is 5.12. The van der Waals surface area contributed by atoms with Gasteiger partial charge in [0.05, 0.1) is 5.56 Å². The van der Waals surface area contributed by atoms with Gasteiger partial charge in [0, 0.05) is 5.56 Å². The molecule has 0 heterocycles. The minimum absolute atomic E-state index is 0.131. The fourth-order valence-electron chi connectivity index (χ4n) is 1.55. The summed E-state index contributed by atoms with van der Waals surface area (Å²) in [5, 5.41) is 0. The van der Waals surface area contributed by atoms with Crippen LogP contribution in [0.25, 0.3) is 0 Å². The maximum absolute atomic E-state index is 12.2. The second kappa shape index (κ2) is 5.46. The normalized spacial score (nSPS) is 10.6. The molecule has 0 aliphatic rings. The fourth-order valence-corrected chi connectivity index (χ4v) is 1.86. The molecule has 1 unspecified atom stereocenters. The van der Waals surface area contributed by atoms with Gasteiger partial charge in [-0.05, 0) is 12.1 Å². The molecule has 0 aromatic heterocycles. The number of carbonyl (C=O) groups excluding carboxylic acids is 1. The van der Waals surface area contributed by atoms with Crippen molar-refractivity contribution in [3.05, 3.63) is 65.7 Å². The van der Waals surface area contributed by atoms with Gasteiger partial charge in [-0.15, -0.1) is 0 Å². The number of benzene rings is 2. The second-order valence-electron chi connectivity index (χ2n) is 3.41. The number of hydrogen-bond donors (Lipinski definition) is 0. The topological polar surface area (TPSA) is 43.4 Å². The first kappa shape index (κ1) is 11.6. The summed E-state index contributed by atoms with van der Waals surface area (Å²) in [6.07, 6.45) is 0. The van der Waals surface area contributed by atoms with Crippen molar-refractivity contribution in [2.24, 2.45) is 0 Å². The lowest BCUT2D eigenvalue weighted by Gasteiger charge is -2.06. The van der Waals surface area contributed by atoms with Gasteiger partial charge in [-0.25, -0.2) is 0 Å². The lowest BCUT2D eigenvalue weighted by Crippen LogP contribution is -2.02. The Morgan fingerprint density at radius 3 is 2.29 bits per heavy atom. The third-order valence-electron chi connectivity index (χ3n) is 2.34. The first-order chi connectivity index (χ1) is 8.33. The van der Waals surface area contributed by atoms with Crippen LogP contribution in [0.2, 0.25) is 0 Å². The summed E-state index contributed by atoms with van der Waals surface area (Å²) >= 11 is 0. The van der Waals surface area contributed by atoms with Crippen molar-refractivity contribution in [1.29, 1.82) is 0 Å². The van der Waals surface area contributed by atoms with Gasteiger partial charge in [0.2, 0.25) is 8.69 Å². The lowest BCUT2D eigenvalue weighted by atomic mass is 10.0. The highest BCUT2D eigenvalue weighted by atomic mass is 31.1. The van der Waals surface area contributed by atoms with E-state index in [2.05, 4.69) is 0 Å². The number of hydrogen-bond acceptors (Lipinski definition) is 3. The van der Waals surface area contributed by atoms with Crippen LogP contribution in [-0.2, 0) is 4.57 Å². The Labute approximate surface area is 100 Å². The Morgan fingerprint density at radius 2 is 1.59 bits per heavy atom. The van der Waals surface area contributed by atoms with Crippen molar-refractivity contribution < 1.29 is 13.9 Å². The monoisotopic (exact) mass is 246 g/mol. The third-order valence-corrected chi connectivity index (χ3v) is 2.69. The van der Waals surface area contributed by atoms with E-state index in [1.54, 1.807) is 48.5 Å². The van der Waals surface area contributed by atoms with Gasteiger partial charge in [-0.1, -0.05) is 42.5 Å². The molecule has 2 aromatic rings. The van der Waals surface area contributed by atoms with Crippen LogP contribution in [0.15, 0.2) is 54.6 Å². The van der Waals surface area contributed by atoms with E-state index in [1.165, 1.54) is 0 Å². The van der Waals surface area contributed by atoms with E-state index in [0.29, 0.717) is 16.9 Å². The molecular weight excluding hydrogens is 235 g/mol. The third kappa shape index (κ3) is 2.63. The highest BCUT2D eigenvalue weighted by Gasteiger charge is 2.13. The quantitative estimate of drug-likeness (QED) is 0.615. The minimum atomic E-state index is -1.37. The van der Waals surface area contributed by atoms with Gasteiger partial charge in [-0.3, -0.25) is 9.36 Å². The van der Waals surface area contributed by atoms with E-state index in [0.717, 1.165) is 0 Å². The van der Waals surface area contributed by atoms with E-state index < -0.39 is 8.69 Å². The minimum Gasteiger partial charge on any atom is -0.446 e. The summed E-state index contributed by atoms with van der Waals surface area (Å²) in [7, 11) is -1.37. The molecule has 1 atom stereocenters. The van der Waals surface area contributed by atoms with Gasteiger partial charge in [0.1, 0.15) is 5.75 Å². The zero-order chi connectivity index (χ0) is 12.1. The summed E-state index contributed by atoms with van der Waals surface area (Å²) < 4.78 is 15.5. The Balaban J connectivity index is 2.40. The molecule has 0 bridgehead atoms. The number of ketones is 1. The molecule has 0 aliphatic heterocycles. The zero-order valence-corrected chi connectivity index (χ0v) is 10.2. The Kier molecular flexibility index (Phi) is 3.73. The van der Waals surface area contributed by atoms with Crippen molar-refractivity contribution in [1.82, 2.24) is 0 Å². The average Bonchev–Trinajstić information content (AvgIpc) is 2.40. The van der Waals surface area contributed by atoms with Crippen LogP contribution in [0.1, 0.15) is 15.9 Å². The van der Waals surface area contributed by atoms with E-state index in [9.17, 15) is 9.36 Å². The van der Waals surface area contributed by atoms with Crippen molar-refractivity contribution in [3.63, 3.8) is 0 Å². The van der Waals surface area contributed by atoms with Crippen LogP contribution >= 0.6 is 8.69 Å².